The first-order valence-corrected chi connectivity index (χ1v) is 8.76. The Morgan fingerprint density at radius 1 is 0.917 bits per heavy atom. The van der Waals surface area contributed by atoms with Crippen molar-refractivity contribution < 1.29 is 14.2 Å². The highest BCUT2D eigenvalue weighted by Gasteiger charge is 2.13. The van der Waals surface area contributed by atoms with E-state index in [4.69, 9.17) is 26.4 Å². The van der Waals surface area contributed by atoms with Crippen LogP contribution < -0.4 is 24.8 Å². The Labute approximate surface area is 151 Å². The fourth-order valence-electron chi connectivity index (χ4n) is 2.15. The Kier molecular flexibility index (Phi) is 6.57. The summed E-state index contributed by atoms with van der Waals surface area (Å²) < 4.78 is 16.0. The van der Waals surface area contributed by atoms with Crippen LogP contribution in [0.25, 0.3) is 0 Å². The van der Waals surface area contributed by atoms with Crippen LogP contribution in [-0.4, -0.2) is 32.7 Å². The fraction of sp³-hybridized carbons (Fsp3) is 0.235. The number of methoxy groups -OCH3 is 3. The summed E-state index contributed by atoms with van der Waals surface area (Å²) in [5, 5.41) is 6.76. The third kappa shape index (κ3) is 4.46. The highest BCUT2D eigenvalue weighted by molar-refractivity contribution is 7.98. The van der Waals surface area contributed by atoms with Crippen molar-refractivity contribution in [2.24, 2.45) is 0 Å². The minimum Gasteiger partial charge on any atom is -0.493 e. The molecule has 0 saturated heterocycles. The maximum Gasteiger partial charge on any atom is 0.203 e. The number of benzene rings is 2. The number of nitrogens with one attached hydrogen (secondary N) is 2. The fourth-order valence-corrected chi connectivity index (χ4v) is 2.84. The summed E-state index contributed by atoms with van der Waals surface area (Å²) in [6.45, 7) is 0. The van der Waals surface area contributed by atoms with Crippen molar-refractivity contribution in [1.29, 1.82) is 0 Å². The van der Waals surface area contributed by atoms with Crippen LogP contribution in [0.5, 0.6) is 17.2 Å². The first-order chi connectivity index (χ1) is 11.6. The predicted octanol–water partition coefficient (Wildman–Crippen LogP) is 4.24. The molecule has 0 aliphatic heterocycles. The largest absolute Gasteiger partial charge is 0.493 e. The highest BCUT2D eigenvalue weighted by atomic mass is 32.2. The van der Waals surface area contributed by atoms with Gasteiger partial charge in [-0.3, -0.25) is 0 Å². The summed E-state index contributed by atoms with van der Waals surface area (Å²) in [6.07, 6.45) is 2.03. The molecule has 0 radical (unpaired) electrons. The monoisotopic (exact) mass is 364 g/mol. The van der Waals surface area contributed by atoms with E-state index in [9.17, 15) is 0 Å². The molecule has 0 bridgehead atoms. The molecule has 2 aromatic carbocycles. The molecule has 7 heteroatoms. The van der Waals surface area contributed by atoms with Crippen LogP contribution in [0.1, 0.15) is 0 Å². The number of hydrogen-bond donors (Lipinski definition) is 2. The van der Waals surface area contributed by atoms with E-state index in [1.54, 1.807) is 45.2 Å². The minimum atomic E-state index is 0.475. The molecule has 0 aliphatic rings. The van der Waals surface area contributed by atoms with Crippen molar-refractivity contribution in [3.8, 4) is 17.2 Å². The Bertz CT molecular complexity index is 698. The molecular weight excluding hydrogens is 344 g/mol. The van der Waals surface area contributed by atoms with Gasteiger partial charge in [-0.2, -0.15) is 0 Å². The lowest BCUT2D eigenvalue weighted by atomic mass is 10.2. The van der Waals surface area contributed by atoms with Gasteiger partial charge in [0.25, 0.3) is 0 Å². The molecular formula is C17H20N2O3S2. The van der Waals surface area contributed by atoms with Crippen molar-refractivity contribution >= 4 is 40.5 Å². The second-order valence-electron chi connectivity index (χ2n) is 4.73. The predicted molar refractivity (Wildman–Crippen MR) is 104 cm³/mol. The Morgan fingerprint density at radius 2 is 1.54 bits per heavy atom. The van der Waals surface area contributed by atoms with Gasteiger partial charge in [0.1, 0.15) is 0 Å². The van der Waals surface area contributed by atoms with Gasteiger partial charge in [-0.15, -0.1) is 11.8 Å². The van der Waals surface area contributed by atoms with E-state index < -0.39 is 0 Å². The Morgan fingerprint density at radius 3 is 2.08 bits per heavy atom. The SMILES string of the molecule is COc1cc(NC(=S)Nc2cccc(SC)c2)cc(OC)c1OC. The summed E-state index contributed by atoms with van der Waals surface area (Å²) in [5.41, 5.74) is 1.66. The van der Waals surface area contributed by atoms with Crippen molar-refractivity contribution in [3.63, 3.8) is 0 Å². The molecule has 0 amide bonds. The normalized spacial score (nSPS) is 10.0. The van der Waals surface area contributed by atoms with Crippen molar-refractivity contribution in [1.82, 2.24) is 0 Å². The van der Waals surface area contributed by atoms with Crippen LogP contribution in [0, 0.1) is 0 Å². The summed E-state index contributed by atoms with van der Waals surface area (Å²) in [5.74, 6) is 1.66. The molecule has 0 saturated carbocycles. The van der Waals surface area contributed by atoms with Gasteiger partial charge in [-0.1, -0.05) is 6.07 Å². The zero-order valence-electron chi connectivity index (χ0n) is 14.0. The molecule has 2 N–H and O–H groups in total. The van der Waals surface area contributed by atoms with Crippen LogP contribution in [0.3, 0.4) is 0 Å². The smallest absolute Gasteiger partial charge is 0.203 e. The summed E-state index contributed by atoms with van der Waals surface area (Å²) >= 11 is 7.05. The third-order valence-corrected chi connectivity index (χ3v) is 4.18. The number of rotatable bonds is 6. The van der Waals surface area contributed by atoms with E-state index >= 15 is 0 Å². The molecule has 0 unspecified atom stereocenters. The van der Waals surface area contributed by atoms with E-state index in [0.717, 1.165) is 16.3 Å². The number of ether oxygens (including phenoxy) is 3. The van der Waals surface area contributed by atoms with Crippen molar-refractivity contribution in [2.75, 3.05) is 38.2 Å². The van der Waals surface area contributed by atoms with E-state index in [-0.39, 0.29) is 0 Å². The van der Waals surface area contributed by atoms with Crippen LogP contribution in [-0.2, 0) is 0 Å². The maximum atomic E-state index is 5.38. The molecule has 0 aromatic heterocycles. The molecule has 0 aliphatic carbocycles. The number of thiocarbonyl (C=S) groups is 1. The first-order valence-electron chi connectivity index (χ1n) is 7.13. The van der Waals surface area contributed by atoms with E-state index in [2.05, 4.69) is 10.6 Å². The summed E-state index contributed by atoms with van der Waals surface area (Å²) in [7, 11) is 4.72. The van der Waals surface area contributed by atoms with Crippen LogP contribution in [0.2, 0.25) is 0 Å². The van der Waals surface area contributed by atoms with Crippen LogP contribution >= 0.6 is 24.0 Å². The quantitative estimate of drug-likeness (QED) is 0.587. The second kappa shape index (κ2) is 8.65. The number of thioether (sulfide) groups is 1. The third-order valence-electron chi connectivity index (χ3n) is 3.25. The lowest BCUT2D eigenvalue weighted by Crippen LogP contribution is -2.19. The lowest BCUT2D eigenvalue weighted by molar-refractivity contribution is 0.324. The zero-order chi connectivity index (χ0) is 17.5. The Hall–Kier alpha value is -2.12. The van der Waals surface area contributed by atoms with Gasteiger partial charge in [-0.05, 0) is 36.7 Å². The zero-order valence-corrected chi connectivity index (χ0v) is 15.6. The average Bonchev–Trinajstić information content (AvgIpc) is 2.60. The summed E-state index contributed by atoms with van der Waals surface area (Å²) in [4.78, 5) is 1.16. The first kappa shape index (κ1) is 18.2. The van der Waals surface area contributed by atoms with Gasteiger partial charge in [0, 0.05) is 28.4 Å². The van der Waals surface area contributed by atoms with E-state index in [1.165, 1.54) is 0 Å². The molecule has 128 valence electrons. The van der Waals surface area contributed by atoms with Gasteiger partial charge < -0.3 is 24.8 Å². The van der Waals surface area contributed by atoms with Crippen LogP contribution in [0.4, 0.5) is 11.4 Å². The Balaban J connectivity index is 2.16. The van der Waals surface area contributed by atoms with Crippen LogP contribution in [0.15, 0.2) is 41.3 Å². The van der Waals surface area contributed by atoms with Gasteiger partial charge in [0.05, 0.1) is 21.3 Å². The van der Waals surface area contributed by atoms with E-state index in [0.29, 0.717) is 22.4 Å². The highest BCUT2D eigenvalue weighted by Crippen LogP contribution is 2.39. The van der Waals surface area contributed by atoms with Gasteiger partial charge >= 0.3 is 0 Å². The standard InChI is InChI=1S/C17H20N2O3S2/c1-20-14-9-12(10-15(21-2)16(14)22-3)19-17(23)18-11-6-5-7-13(8-11)24-4/h5-10H,1-4H3,(H2,18,19,23). The average molecular weight is 364 g/mol. The molecule has 0 spiro atoms. The van der Waals surface area contributed by atoms with E-state index in [1.807, 2.05) is 30.5 Å². The van der Waals surface area contributed by atoms with Gasteiger partial charge in [-0.25, -0.2) is 0 Å². The maximum absolute atomic E-state index is 5.38. The van der Waals surface area contributed by atoms with Crippen molar-refractivity contribution in [2.45, 2.75) is 4.90 Å². The minimum absolute atomic E-state index is 0.475. The molecule has 5 nitrogen and oxygen atoms in total. The number of hydrogen-bond acceptors (Lipinski definition) is 5. The molecule has 0 heterocycles. The molecule has 2 aromatic rings. The van der Waals surface area contributed by atoms with Crippen molar-refractivity contribution in [3.05, 3.63) is 36.4 Å². The molecule has 0 atom stereocenters. The second-order valence-corrected chi connectivity index (χ2v) is 6.01. The summed E-state index contributed by atoms with van der Waals surface area (Å²) in [6, 6.07) is 11.6. The lowest BCUT2D eigenvalue weighted by Gasteiger charge is -2.16. The van der Waals surface area contributed by atoms with Gasteiger partial charge in [0.2, 0.25) is 5.75 Å². The molecule has 0 fully saturated rings. The number of anilines is 2. The van der Waals surface area contributed by atoms with Gasteiger partial charge in [0.15, 0.2) is 16.6 Å². The topological polar surface area (TPSA) is 51.8 Å². The molecule has 2 rings (SSSR count). The molecule has 24 heavy (non-hydrogen) atoms.